The van der Waals surface area contributed by atoms with E-state index in [-0.39, 0.29) is 16.5 Å². The maximum absolute atomic E-state index is 12.4. The van der Waals surface area contributed by atoms with E-state index < -0.39 is 14.8 Å². The van der Waals surface area contributed by atoms with Gasteiger partial charge < -0.3 is 9.80 Å². The number of nitro groups is 1. The molecule has 0 saturated carbocycles. The number of nitro benzene ring substituents is 1. The first-order chi connectivity index (χ1) is 12.8. The molecule has 3 rings (SSSR count). The lowest BCUT2D eigenvalue weighted by molar-refractivity contribution is -0.384. The van der Waals surface area contributed by atoms with Gasteiger partial charge in [0.05, 0.1) is 9.82 Å². The van der Waals surface area contributed by atoms with Crippen LogP contribution in [0, 0.1) is 16.0 Å². The van der Waals surface area contributed by atoms with Crippen LogP contribution in [0.2, 0.25) is 0 Å². The minimum atomic E-state index is -3.52. The Morgan fingerprint density at radius 2 is 1.96 bits per heavy atom. The van der Waals surface area contributed by atoms with Crippen LogP contribution in [0.4, 0.5) is 11.4 Å². The lowest BCUT2D eigenvalue weighted by atomic mass is 10.0. The first-order valence-electron chi connectivity index (χ1n) is 8.93. The Morgan fingerprint density at radius 1 is 1.26 bits per heavy atom. The number of benzene rings is 1. The van der Waals surface area contributed by atoms with Gasteiger partial charge in [-0.1, -0.05) is 12.2 Å². The summed E-state index contributed by atoms with van der Waals surface area (Å²) in [6.07, 6.45) is 7.79. The van der Waals surface area contributed by atoms with Crippen LogP contribution in [-0.2, 0) is 14.6 Å². The van der Waals surface area contributed by atoms with Crippen molar-refractivity contribution in [3.05, 3.63) is 40.5 Å². The Hall–Kier alpha value is -2.42. The number of hydrogen-bond donors (Lipinski definition) is 0. The van der Waals surface area contributed by atoms with Crippen LogP contribution in [0.1, 0.15) is 19.3 Å². The van der Waals surface area contributed by atoms with Crippen molar-refractivity contribution in [1.82, 2.24) is 4.90 Å². The van der Waals surface area contributed by atoms with Crippen LogP contribution in [0.5, 0.6) is 0 Å². The summed E-state index contributed by atoms with van der Waals surface area (Å²) in [5.41, 5.74) is 0.159. The number of nitrogens with zero attached hydrogens (tertiary/aromatic N) is 3. The molecular weight excluding hydrogens is 370 g/mol. The molecule has 1 aromatic rings. The maximum Gasteiger partial charge on any atom is 0.293 e. The molecule has 0 radical (unpaired) electrons. The van der Waals surface area contributed by atoms with Crippen LogP contribution in [-0.4, -0.2) is 56.6 Å². The topological polar surface area (TPSA) is 101 Å². The van der Waals surface area contributed by atoms with Gasteiger partial charge in [-0.2, -0.15) is 0 Å². The molecule has 2 aliphatic rings. The molecule has 1 aliphatic heterocycles. The van der Waals surface area contributed by atoms with Gasteiger partial charge in [-0.05, 0) is 30.9 Å². The van der Waals surface area contributed by atoms with E-state index in [0.29, 0.717) is 44.2 Å². The predicted molar refractivity (Wildman–Crippen MR) is 101 cm³/mol. The first-order valence-corrected chi connectivity index (χ1v) is 10.8. The molecule has 8 nitrogen and oxygen atoms in total. The SMILES string of the molecule is CS(=O)(=O)c1ccc(N2CCN(C(=O)C[C@H]3C=CCC3)CC2)c([N+](=O)[O-])c1. The van der Waals surface area contributed by atoms with E-state index in [4.69, 9.17) is 0 Å². The Bertz CT molecular complexity index is 873. The minimum Gasteiger partial charge on any atom is -0.362 e. The van der Waals surface area contributed by atoms with E-state index >= 15 is 0 Å². The number of carbonyl (C=O) groups excluding carboxylic acids is 1. The third-order valence-electron chi connectivity index (χ3n) is 5.09. The highest BCUT2D eigenvalue weighted by atomic mass is 32.2. The highest BCUT2D eigenvalue weighted by Gasteiger charge is 2.28. The molecule has 27 heavy (non-hydrogen) atoms. The van der Waals surface area contributed by atoms with E-state index in [2.05, 4.69) is 12.2 Å². The van der Waals surface area contributed by atoms with Gasteiger partial charge in [0.2, 0.25) is 5.91 Å². The van der Waals surface area contributed by atoms with Crippen molar-refractivity contribution < 1.29 is 18.1 Å². The Balaban J connectivity index is 1.69. The van der Waals surface area contributed by atoms with E-state index in [1.54, 1.807) is 4.90 Å². The fourth-order valence-corrected chi connectivity index (χ4v) is 4.20. The summed E-state index contributed by atoms with van der Waals surface area (Å²) in [6.45, 7) is 1.96. The Kier molecular flexibility index (Phi) is 5.50. The van der Waals surface area contributed by atoms with Crippen molar-refractivity contribution in [2.75, 3.05) is 37.3 Å². The van der Waals surface area contributed by atoms with Gasteiger partial charge in [-0.15, -0.1) is 0 Å². The van der Waals surface area contributed by atoms with Crippen LogP contribution in [0.25, 0.3) is 0 Å². The van der Waals surface area contributed by atoms with Gasteiger partial charge in [0.25, 0.3) is 5.69 Å². The summed E-state index contributed by atoms with van der Waals surface area (Å²) in [7, 11) is -3.52. The fraction of sp³-hybridized carbons (Fsp3) is 0.500. The van der Waals surface area contributed by atoms with Crippen molar-refractivity contribution in [3.63, 3.8) is 0 Å². The average molecular weight is 393 g/mol. The van der Waals surface area contributed by atoms with Gasteiger partial charge in [-0.25, -0.2) is 8.42 Å². The number of piperazine rings is 1. The quantitative estimate of drug-likeness (QED) is 0.431. The number of carbonyl (C=O) groups is 1. The lowest BCUT2D eigenvalue weighted by Gasteiger charge is -2.36. The molecule has 1 amide bonds. The summed E-state index contributed by atoms with van der Waals surface area (Å²) >= 11 is 0. The second-order valence-electron chi connectivity index (χ2n) is 7.02. The molecule has 1 fully saturated rings. The zero-order valence-corrected chi connectivity index (χ0v) is 16.0. The second-order valence-corrected chi connectivity index (χ2v) is 9.03. The van der Waals surface area contributed by atoms with Gasteiger partial charge in [-0.3, -0.25) is 14.9 Å². The van der Waals surface area contributed by atoms with Crippen LogP contribution < -0.4 is 4.90 Å². The van der Waals surface area contributed by atoms with Gasteiger partial charge in [0.1, 0.15) is 5.69 Å². The summed E-state index contributed by atoms with van der Waals surface area (Å²) in [5.74, 6) is 0.438. The molecule has 1 saturated heterocycles. The Labute approximate surface area is 158 Å². The standard InChI is InChI=1S/C18H23N3O5S/c1-27(25,26)15-6-7-16(17(13-15)21(23)24)19-8-10-20(11-9-19)18(22)12-14-4-2-3-5-14/h2,4,6-7,13-14H,3,5,8-12H2,1H3/t14-/m0/s1. The van der Waals surface area contributed by atoms with Crippen LogP contribution in [0.15, 0.2) is 35.2 Å². The molecule has 9 heteroatoms. The maximum atomic E-state index is 12.4. The molecule has 0 bridgehead atoms. The third kappa shape index (κ3) is 4.47. The highest BCUT2D eigenvalue weighted by molar-refractivity contribution is 7.90. The van der Waals surface area contributed by atoms with Gasteiger partial charge in [0, 0.05) is 44.9 Å². The molecule has 0 spiro atoms. The van der Waals surface area contributed by atoms with Crippen molar-refractivity contribution in [2.24, 2.45) is 5.92 Å². The van der Waals surface area contributed by atoms with E-state index in [9.17, 15) is 23.3 Å². The second kappa shape index (κ2) is 7.67. The van der Waals surface area contributed by atoms with E-state index in [0.717, 1.165) is 25.2 Å². The van der Waals surface area contributed by atoms with Crippen LogP contribution in [0.3, 0.4) is 0 Å². The molecule has 0 unspecified atom stereocenters. The lowest BCUT2D eigenvalue weighted by Crippen LogP contribution is -2.49. The highest BCUT2D eigenvalue weighted by Crippen LogP contribution is 2.31. The smallest absolute Gasteiger partial charge is 0.293 e. The molecule has 0 aromatic heterocycles. The van der Waals surface area contributed by atoms with Crippen molar-refractivity contribution >= 4 is 27.1 Å². The molecule has 1 aromatic carbocycles. The largest absolute Gasteiger partial charge is 0.362 e. The van der Waals surface area contributed by atoms with Crippen molar-refractivity contribution in [2.45, 2.75) is 24.2 Å². The van der Waals surface area contributed by atoms with Crippen molar-refractivity contribution in [1.29, 1.82) is 0 Å². The van der Waals surface area contributed by atoms with Gasteiger partial charge in [0.15, 0.2) is 9.84 Å². The van der Waals surface area contributed by atoms with Crippen molar-refractivity contribution in [3.8, 4) is 0 Å². The molecular formula is C18H23N3O5S. The van der Waals surface area contributed by atoms with Crippen LogP contribution >= 0.6 is 0 Å². The number of anilines is 1. The molecule has 1 aliphatic carbocycles. The summed E-state index contributed by atoms with van der Waals surface area (Å²) in [5, 5.41) is 11.4. The number of rotatable bonds is 5. The molecule has 1 heterocycles. The normalized spacial score (nSPS) is 20.1. The van der Waals surface area contributed by atoms with E-state index in [1.165, 1.54) is 12.1 Å². The van der Waals surface area contributed by atoms with Gasteiger partial charge >= 0.3 is 0 Å². The zero-order chi connectivity index (χ0) is 19.6. The zero-order valence-electron chi connectivity index (χ0n) is 15.2. The fourth-order valence-electron chi connectivity index (χ4n) is 3.56. The molecule has 0 N–H and O–H groups in total. The average Bonchev–Trinajstić information content (AvgIpc) is 3.13. The van der Waals surface area contributed by atoms with E-state index in [1.807, 2.05) is 4.90 Å². The molecule has 146 valence electrons. The third-order valence-corrected chi connectivity index (χ3v) is 6.20. The number of hydrogen-bond acceptors (Lipinski definition) is 6. The first kappa shape index (κ1) is 19.3. The monoisotopic (exact) mass is 393 g/mol. The number of sulfone groups is 1. The summed E-state index contributed by atoms with van der Waals surface area (Å²) in [6, 6.07) is 3.98. The number of allylic oxidation sites excluding steroid dienone is 2. The predicted octanol–water partition coefficient (Wildman–Crippen LogP) is 2.00. The number of amides is 1. The summed E-state index contributed by atoms with van der Waals surface area (Å²) < 4.78 is 23.3. The molecule has 1 atom stereocenters. The Morgan fingerprint density at radius 3 is 2.52 bits per heavy atom. The summed E-state index contributed by atoms with van der Waals surface area (Å²) in [4.78, 5) is 26.9. The minimum absolute atomic E-state index is 0.0728.